The normalized spacial score (nSPS) is 13.3. The van der Waals surface area contributed by atoms with E-state index in [1.54, 1.807) is 0 Å². The van der Waals surface area contributed by atoms with Crippen molar-refractivity contribution in [2.75, 3.05) is 13.2 Å². The van der Waals surface area contributed by atoms with Gasteiger partial charge in [0.2, 0.25) is 0 Å². The molecule has 6 heteroatoms. The Morgan fingerprint density at radius 1 is 1.26 bits per heavy atom. The van der Waals surface area contributed by atoms with Gasteiger partial charge in [-0.1, -0.05) is 13.8 Å². The summed E-state index contributed by atoms with van der Waals surface area (Å²) in [7, 11) is 0. The van der Waals surface area contributed by atoms with Crippen molar-refractivity contribution in [3.8, 4) is 5.75 Å². The molecule has 0 aliphatic rings. The molecule has 0 aromatic carbocycles. The van der Waals surface area contributed by atoms with E-state index in [1.807, 2.05) is 13.8 Å². The maximum atomic E-state index is 13.0. The van der Waals surface area contributed by atoms with Gasteiger partial charge in [-0.3, -0.25) is 4.98 Å². The van der Waals surface area contributed by atoms with Crippen LogP contribution in [0.3, 0.4) is 0 Å². The molecule has 1 N–H and O–H groups in total. The van der Waals surface area contributed by atoms with Crippen molar-refractivity contribution in [2.45, 2.75) is 38.9 Å². The fourth-order valence-corrected chi connectivity index (χ4v) is 1.60. The molecule has 3 nitrogen and oxygen atoms in total. The zero-order valence-electron chi connectivity index (χ0n) is 11.1. The van der Waals surface area contributed by atoms with Gasteiger partial charge in [-0.15, -0.1) is 0 Å². The van der Waals surface area contributed by atoms with E-state index in [4.69, 9.17) is 4.74 Å². The molecule has 0 aliphatic carbocycles. The fraction of sp³-hybridized carbons (Fsp3) is 0.615. The summed E-state index contributed by atoms with van der Waals surface area (Å²) in [6, 6.07) is -0.311. The summed E-state index contributed by atoms with van der Waals surface area (Å²) in [5.41, 5.74) is 0.0783. The Morgan fingerprint density at radius 3 is 2.58 bits per heavy atom. The van der Waals surface area contributed by atoms with Crippen molar-refractivity contribution < 1.29 is 17.9 Å². The lowest BCUT2D eigenvalue weighted by atomic mass is 10.1. The number of hydrogen-bond acceptors (Lipinski definition) is 3. The molecule has 0 amide bonds. The van der Waals surface area contributed by atoms with Gasteiger partial charge in [-0.25, -0.2) is 0 Å². The molecule has 1 aromatic heterocycles. The van der Waals surface area contributed by atoms with Gasteiger partial charge in [0.15, 0.2) is 0 Å². The van der Waals surface area contributed by atoms with E-state index in [0.29, 0.717) is 25.3 Å². The summed E-state index contributed by atoms with van der Waals surface area (Å²) < 4.78 is 44.3. The lowest BCUT2D eigenvalue weighted by molar-refractivity contribution is -0.157. The van der Waals surface area contributed by atoms with E-state index in [-0.39, 0.29) is 5.56 Å². The molecular formula is C13H19F3N2O. The van der Waals surface area contributed by atoms with Crippen molar-refractivity contribution in [2.24, 2.45) is 0 Å². The van der Waals surface area contributed by atoms with Crippen molar-refractivity contribution in [1.82, 2.24) is 10.3 Å². The second-order valence-corrected chi connectivity index (χ2v) is 4.23. The van der Waals surface area contributed by atoms with Crippen LogP contribution in [0, 0.1) is 0 Å². The molecule has 0 spiro atoms. The lowest BCUT2D eigenvalue weighted by Crippen LogP contribution is -2.34. The number of halogens is 3. The average Bonchev–Trinajstić information content (AvgIpc) is 2.36. The second kappa shape index (κ2) is 7.33. The number of nitrogens with one attached hydrogen (secondary N) is 1. The Balaban J connectivity index is 2.88. The summed E-state index contributed by atoms with van der Waals surface area (Å²) in [5.74, 6) is 0.367. The first-order chi connectivity index (χ1) is 8.99. The largest absolute Gasteiger partial charge is 0.492 e. The highest BCUT2D eigenvalue weighted by Gasteiger charge is 2.40. The van der Waals surface area contributed by atoms with E-state index >= 15 is 0 Å². The molecule has 1 unspecified atom stereocenters. The quantitative estimate of drug-likeness (QED) is 0.828. The summed E-state index contributed by atoms with van der Waals surface area (Å²) in [6.45, 7) is 4.51. The van der Waals surface area contributed by atoms with Gasteiger partial charge in [-0.2, -0.15) is 13.2 Å². The van der Waals surface area contributed by atoms with Gasteiger partial charge >= 0.3 is 6.18 Å². The smallest absolute Gasteiger partial charge is 0.407 e. The standard InChI is InChI=1S/C13H19F3N2O/c1-3-5-18-12(13(14,15)16)10-7-11(9-17-8-10)19-6-4-2/h7-9,12,18H,3-6H2,1-2H3. The molecular weight excluding hydrogens is 257 g/mol. The molecule has 0 aliphatic heterocycles. The maximum Gasteiger partial charge on any atom is 0.407 e. The summed E-state index contributed by atoms with van der Waals surface area (Å²) >= 11 is 0. The van der Waals surface area contributed by atoms with Crippen molar-refractivity contribution in [3.05, 3.63) is 24.0 Å². The van der Waals surface area contributed by atoms with Crippen LogP contribution in [-0.4, -0.2) is 24.3 Å². The van der Waals surface area contributed by atoms with E-state index in [1.165, 1.54) is 18.5 Å². The molecule has 0 saturated carbocycles. The van der Waals surface area contributed by atoms with Gasteiger partial charge < -0.3 is 10.1 Å². The number of pyridine rings is 1. The lowest BCUT2D eigenvalue weighted by Gasteiger charge is -2.22. The number of ether oxygens (including phenoxy) is 1. The molecule has 1 atom stereocenters. The summed E-state index contributed by atoms with van der Waals surface area (Å²) in [6.07, 6.45) is -0.278. The first kappa shape index (κ1) is 15.8. The van der Waals surface area contributed by atoms with Gasteiger partial charge in [0.25, 0.3) is 0 Å². The van der Waals surface area contributed by atoms with E-state index in [0.717, 1.165) is 6.42 Å². The Kier molecular flexibility index (Phi) is 6.08. The van der Waals surface area contributed by atoms with Crippen molar-refractivity contribution in [1.29, 1.82) is 0 Å². The molecule has 0 radical (unpaired) electrons. The van der Waals surface area contributed by atoms with E-state index in [2.05, 4.69) is 10.3 Å². The SMILES string of the molecule is CCCNC(c1cncc(OCCC)c1)C(F)(F)F. The number of alkyl halides is 3. The van der Waals surface area contributed by atoms with Gasteiger partial charge in [-0.05, 0) is 25.5 Å². The topological polar surface area (TPSA) is 34.2 Å². The first-order valence-corrected chi connectivity index (χ1v) is 6.36. The Bertz CT molecular complexity index is 382. The molecule has 1 aromatic rings. The number of aromatic nitrogens is 1. The molecule has 0 fully saturated rings. The Hall–Kier alpha value is -1.30. The minimum Gasteiger partial charge on any atom is -0.492 e. The number of nitrogens with zero attached hydrogens (tertiary/aromatic N) is 1. The molecule has 19 heavy (non-hydrogen) atoms. The zero-order chi connectivity index (χ0) is 14.3. The fourth-order valence-electron chi connectivity index (χ4n) is 1.60. The van der Waals surface area contributed by atoms with Gasteiger partial charge in [0.1, 0.15) is 11.8 Å². The minimum absolute atomic E-state index is 0.0783. The number of hydrogen-bond donors (Lipinski definition) is 1. The minimum atomic E-state index is -4.35. The van der Waals surface area contributed by atoms with Crippen LogP contribution in [0.4, 0.5) is 13.2 Å². The number of rotatable bonds is 7. The Labute approximate surface area is 111 Å². The van der Waals surface area contributed by atoms with Crippen LogP contribution in [0.5, 0.6) is 5.75 Å². The van der Waals surface area contributed by atoms with Crippen molar-refractivity contribution in [3.63, 3.8) is 0 Å². The van der Waals surface area contributed by atoms with Gasteiger partial charge in [0, 0.05) is 11.8 Å². The van der Waals surface area contributed by atoms with Gasteiger partial charge in [0.05, 0.1) is 12.8 Å². The van der Waals surface area contributed by atoms with Crippen LogP contribution >= 0.6 is 0 Å². The average molecular weight is 276 g/mol. The molecule has 0 saturated heterocycles. The van der Waals surface area contributed by atoms with Crippen LogP contribution in [-0.2, 0) is 0 Å². The first-order valence-electron chi connectivity index (χ1n) is 6.36. The Morgan fingerprint density at radius 2 is 2.00 bits per heavy atom. The van der Waals surface area contributed by atoms with Crippen LogP contribution in [0.15, 0.2) is 18.5 Å². The van der Waals surface area contributed by atoms with E-state index in [9.17, 15) is 13.2 Å². The summed E-state index contributed by atoms with van der Waals surface area (Å²) in [5, 5.41) is 2.49. The molecule has 1 rings (SSSR count). The highest BCUT2D eigenvalue weighted by atomic mass is 19.4. The third kappa shape index (κ3) is 5.06. The van der Waals surface area contributed by atoms with Crippen LogP contribution in [0.25, 0.3) is 0 Å². The van der Waals surface area contributed by atoms with Crippen molar-refractivity contribution >= 4 is 0 Å². The predicted octanol–water partition coefficient (Wildman–Crippen LogP) is 3.47. The molecule has 108 valence electrons. The third-order valence-electron chi connectivity index (χ3n) is 2.47. The summed E-state index contributed by atoms with van der Waals surface area (Å²) in [4.78, 5) is 3.82. The second-order valence-electron chi connectivity index (χ2n) is 4.23. The van der Waals surface area contributed by atoms with Crippen LogP contribution in [0.2, 0.25) is 0 Å². The molecule has 0 bridgehead atoms. The highest BCUT2D eigenvalue weighted by Crippen LogP contribution is 2.33. The third-order valence-corrected chi connectivity index (χ3v) is 2.47. The zero-order valence-corrected chi connectivity index (χ0v) is 11.1. The monoisotopic (exact) mass is 276 g/mol. The molecule has 1 heterocycles. The van der Waals surface area contributed by atoms with Crippen LogP contribution < -0.4 is 10.1 Å². The predicted molar refractivity (Wildman–Crippen MR) is 67.1 cm³/mol. The maximum absolute atomic E-state index is 13.0. The highest BCUT2D eigenvalue weighted by molar-refractivity contribution is 5.27. The van der Waals surface area contributed by atoms with E-state index < -0.39 is 12.2 Å². The van der Waals surface area contributed by atoms with Crippen LogP contribution in [0.1, 0.15) is 38.3 Å².